The molecule has 2 aromatic carbocycles. The summed E-state index contributed by atoms with van der Waals surface area (Å²) in [6, 6.07) is 10.1. The summed E-state index contributed by atoms with van der Waals surface area (Å²) in [6.07, 6.45) is -0.0943. The molecule has 0 aliphatic carbocycles. The van der Waals surface area contributed by atoms with Gasteiger partial charge in [-0.1, -0.05) is 42.5 Å². The molecule has 9 N–H and O–H groups in total. The van der Waals surface area contributed by atoms with Gasteiger partial charge in [0, 0.05) is 19.3 Å². The number of aliphatic carboxylic acids is 1. The summed E-state index contributed by atoms with van der Waals surface area (Å²) < 4.78 is 0. The summed E-state index contributed by atoms with van der Waals surface area (Å²) in [5.74, 6) is -3.99. The second-order valence-corrected chi connectivity index (χ2v) is 8.86. The molecule has 0 aliphatic heterocycles. The smallest absolute Gasteiger partial charge is 0.326 e. The van der Waals surface area contributed by atoms with Crippen LogP contribution < -0.4 is 27.4 Å². The van der Waals surface area contributed by atoms with Gasteiger partial charge in [-0.05, 0) is 36.6 Å². The van der Waals surface area contributed by atoms with Gasteiger partial charge in [-0.25, -0.2) is 4.79 Å². The van der Waals surface area contributed by atoms with Gasteiger partial charge in [-0.2, -0.15) is 0 Å². The first-order valence-corrected chi connectivity index (χ1v) is 12.0. The van der Waals surface area contributed by atoms with Crippen LogP contribution >= 0.6 is 0 Å². The maximum absolute atomic E-state index is 13.2. The first-order valence-electron chi connectivity index (χ1n) is 12.0. The molecule has 0 spiro atoms. The Kier molecular flexibility index (Phi) is 11.2. The Balaban J connectivity index is 2.13. The number of rotatable bonds is 14. The molecule has 4 amide bonds. The van der Waals surface area contributed by atoms with Gasteiger partial charge >= 0.3 is 5.97 Å². The number of nitrogens with two attached hydrogens (primary N) is 2. The highest BCUT2D eigenvalue weighted by atomic mass is 16.4. The average Bonchev–Trinajstić information content (AvgIpc) is 2.87. The zero-order valence-electron chi connectivity index (χ0n) is 20.9. The molecule has 38 heavy (non-hydrogen) atoms. The molecule has 0 aliphatic rings. The monoisotopic (exact) mass is 527 g/mol. The highest BCUT2D eigenvalue weighted by molar-refractivity contribution is 5.94. The van der Waals surface area contributed by atoms with Crippen LogP contribution in [0.5, 0.6) is 5.75 Å². The minimum Gasteiger partial charge on any atom is -0.508 e. The molecule has 4 atom stereocenters. The second-order valence-electron chi connectivity index (χ2n) is 8.86. The van der Waals surface area contributed by atoms with Crippen molar-refractivity contribution < 1.29 is 34.2 Å². The van der Waals surface area contributed by atoms with Crippen molar-refractivity contribution in [2.75, 3.05) is 0 Å². The lowest BCUT2D eigenvalue weighted by Gasteiger charge is -2.24. The van der Waals surface area contributed by atoms with Gasteiger partial charge in [0.15, 0.2) is 0 Å². The fraction of sp³-hybridized carbons (Fsp3) is 0.346. The molecular weight excluding hydrogens is 494 g/mol. The third-order valence-electron chi connectivity index (χ3n) is 5.70. The topological polar surface area (TPSA) is 214 Å². The van der Waals surface area contributed by atoms with Crippen LogP contribution in [0.4, 0.5) is 0 Å². The van der Waals surface area contributed by atoms with E-state index in [9.17, 15) is 34.2 Å². The molecule has 0 radical (unpaired) electrons. The van der Waals surface area contributed by atoms with Crippen LogP contribution in [0.1, 0.15) is 30.9 Å². The number of carbonyl (C=O) groups excluding carboxylic acids is 4. The SMILES string of the molecule is CC(NC(=O)C(N)CCC(N)=O)C(=O)NC(Cc1ccc(O)cc1)C(=O)NC(Cc1ccccc1)C(=O)O. The predicted molar refractivity (Wildman–Crippen MR) is 137 cm³/mol. The Bertz CT molecular complexity index is 1120. The van der Waals surface area contributed by atoms with Crippen molar-refractivity contribution in [2.24, 2.45) is 11.5 Å². The summed E-state index contributed by atoms with van der Waals surface area (Å²) in [6.45, 7) is 1.39. The van der Waals surface area contributed by atoms with Crippen molar-refractivity contribution in [3.63, 3.8) is 0 Å². The number of hydrogen-bond donors (Lipinski definition) is 7. The second kappa shape index (κ2) is 14.3. The fourth-order valence-electron chi connectivity index (χ4n) is 3.51. The minimum atomic E-state index is -1.26. The zero-order chi connectivity index (χ0) is 28.2. The number of carboxylic acids is 1. The summed E-state index contributed by atoms with van der Waals surface area (Å²) in [4.78, 5) is 61.1. The normalized spacial score (nSPS) is 13.8. The highest BCUT2D eigenvalue weighted by Gasteiger charge is 2.29. The Hall–Kier alpha value is -4.45. The van der Waals surface area contributed by atoms with Gasteiger partial charge in [0.1, 0.15) is 23.9 Å². The molecule has 4 unspecified atom stereocenters. The maximum atomic E-state index is 13.2. The van der Waals surface area contributed by atoms with E-state index in [1.165, 1.54) is 19.1 Å². The predicted octanol–water partition coefficient (Wildman–Crippen LogP) is -0.671. The Morgan fingerprint density at radius 1 is 0.789 bits per heavy atom. The average molecular weight is 528 g/mol. The van der Waals surface area contributed by atoms with Gasteiger partial charge in [-0.15, -0.1) is 0 Å². The number of phenols is 1. The number of hydrogen-bond acceptors (Lipinski definition) is 7. The van der Waals surface area contributed by atoms with Gasteiger partial charge in [-0.3, -0.25) is 19.2 Å². The van der Waals surface area contributed by atoms with E-state index in [4.69, 9.17) is 11.5 Å². The molecule has 2 rings (SSSR count). The lowest BCUT2D eigenvalue weighted by atomic mass is 10.0. The number of phenolic OH excluding ortho intramolecular Hbond substituents is 1. The summed E-state index contributed by atoms with van der Waals surface area (Å²) >= 11 is 0. The number of aromatic hydroxyl groups is 1. The molecule has 2 aromatic rings. The maximum Gasteiger partial charge on any atom is 0.326 e. The van der Waals surface area contributed by atoms with Crippen molar-refractivity contribution in [3.05, 3.63) is 65.7 Å². The third kappa shape index (κ3) is 9.90. The number of nitrogens with one attached hydrogen (secondary N) is 3. The Labute approximate surface area is 219 Å². The molecule has 0 bridgehead atoms. The molecule has 0 saturated carbocycles. The number of carboxylic acid groups (broad SMARTS) is 1. The quantitative estimate of drug-likeness (QED) is 0.167. The van der Waals surface area contributed by atoms with Crippen LogP contribution in [0.2, 0.25) is 0 Å². The van der Waals surface area contributed by atoms with Gasteiger partial charge in [0.05, 0.1) is 6.04 Å². The van der Waals surface area contributed by atoms with Crippen LogP contribution in [-0.2, 0) is 36.8 Å². The standard InChI is InChI=1S/C26H33N5O7/c1-15(29-24(35)19(27)11-12-22(28)33)23(34)30-20(13-17-7-9-18(32)10-8-17)25(36)31-21(26(37)38)14-16-5-3-2-4-6-16/h2-10,15,19-21,32H,11-14,27H2,1H3,(H2,28,33)(H,29,35)(H,30,34)(H,31,36)(H,37,38). The molecule has 12 nitrogen and oxygen atoms in total. The van der Waals surface area contributed by atoms with E-state index in [1.54, 1.807) is 42.5 Å². The fourth-order valence-corrected chi connectivity index (χ4v) is 3.51. The lowest BCUT2D eigenvalue weighted by Crippen LogP contribution is -2.57. The first-order chi connectivity index (χ1) is 18.0. The van der Waals surface area contributed by atoms with E-state index in [0.29, 0.717) is 11.1 Å². The van der Waals surface area contributed by atoms with Crippen molar-refractivity contribution in [3.8, 4) is 5.75 Å². The summed E-state index contributed by atoms with van der Waals surface area (Å²) in [5, 5.41) is 26.7. The van der Waals surface area contributed by atoms with E-state index >= 15 is 0 Å². The van der Waals surface area contributed by atoms with E-state index in [-0.39, 0.29) is 31.4 Å². The molecule has 0 heterocycles. The summed E-state index contributed by atoms with van der Waals surface area (Å²) in [5.41, 5.74) is 12.1. The largest absolute Gasteiger partial charge is 0.508 e. The van der Waals surface area contributed by atoms with E-state index in [2.05, 4.69) is 16.0 Å². The van der Waals surface area contributed by atoms with E-state index in [1.807, 2.05) is 0 Å². The number of primary amides is 1. The lowest BCUT2D eigenvalue weighted by molar-refractivity contribution is -0.142. The number of carbonyl (C=O) groups is 5. The molecule has 12 heteroatoms. The van der Waals surface area contributed by atoms with Gasteiger partial charge < -0.3 is 37.6 Å². The molecular formula is C26H33N5O7. The molecule has 0 fully saturated rings. The van der Waals surface area contributed by atoms with Crippen LogP contribution in [0.25, 0.3) is 0 Å². The van der Waals surface area contributed by atoms with Gasteiger partial charge in [0.2, 0.25) is 23.6 Å². The van der Waals surface area contributed by atoms with E-state index in [0.717, 1.165) is 0 Å². The third-order valence-corrected chi connectivity index (χ3v) is 5.70. The van der Waals surface area contributed by atoms with Crippen molar-refractivity contribution in [1.82, 2.24) is 16.0 Å². The van der Waals surface area contributed by atoms with Crippen LogP contribution in [0.15, 0.2) is 54.6 Å². The Morgan fingerprint density at radius 3 is 1.92 bits per heavy atom. The molecule has 0 aromatic heterocycles. The van der Waals surface area contributed by atoms with Crippen molar-refractivity contribution in [2.45, 2.75) is 56.8 Å². The Morgan fingerprint density at radius 2 is 1.34 bits per heavy atom. The van der Waals surface area contributed by atoms with Crippen LogP contribution in [0.3, 0.4) is 0 Å². The number of benzene rings is 2. The highest BCUT2D eigenvalue weighted by Crippen LogP contribution is 2.12. The van der Waals surface area contributed by atoms with Crippen molar-refractivity contribution >= 4 is 29.6 Å². The van der Waals surface area contributed by atoms with Crippen LogP contribution in [-0.4, -0.2) is 64.0 Å². The van der Waals surface area contributed by atoms with E-state index < -0.39 is 53.8 Å². The zero-order valence-corrected chi connectivity index (χ0v) is 20.9. The molecule has 0 saturated heterocycles. The summed E-state index contributed by atoms with van der Waals surface area (Å²) in [7, 11) is 0. The molecule has 204 valence electrons. The van der Waals surface area contributed by atoms with Gasteiger partial charge in [0.25, 0.3) is 0 Å². The first kappa shape index (κ1) is 29.8. The van der Waals surface area contributed by atoms with Crippen LogP contribution in [0, 0.1) is 0 Å². The number of amides is 4. The van der Waals surface area contributed by atoms with Crippen molar-refractivity contribution in [1.29, 1.82) is 0 Å². The minimum absolute atomic E-state index is 0.000615.